The quantitative estimate of drug-likeness (QED) is 0.346. The van der Waals surface area contributed by atoms with Crippen LogP contribution in [-0.4, -0.2) is 44.3 Å². The molecule has 0 bridgehead atoms. The standard InChI is InChI=1S/C20H34O5/c1-5-22-16(3)24-13-11-9-7-8-10-12-18-14-19(15-20(18)21)25-17(4)23-6-2/h10,12,14,16-17,19H,5-9,11,13,15H2,1-4H3. The van der Waals surface area contributed by atoms with Crippen LogP contribution in [0.2, 0.25) is 0 Å². The Hall–Kier alpha value is -1.01. The van der Waals surface area contributed by atoms with Gasteiger partial charge < -0.3 is 18.9 Å². The molecule has 144 valence electrons. The van der Waals surface area contributed by atoms with Gasteiger partial charge in [-0.3, -0.25) is 4.79 Å². The summed E-state index contributed by atoms with van der Waals surface area (Å²) < 4.78 is 21.9. The van der Waals surface area contributed by atoms with Crippen molar-refractivity contribution in [1.29, 1.82) is 0 Å². The average molecular weight is 354 g/mol. The molecule has 0 N–H and O–H groups in total. The van der Waals surface area contributed by atoms with E-state index in [1.807, 2.05) is 39.8 Å². The number of hydrogen-bond acceptors (Lipinski definition) is 5. The molecule has 0 aromatic rings. The van der Waals surface area contributed by atoms with Crippen LogP contribution in [0.3, 0.4) is 0 Å². The summed E-state index contributed by atoms with van der Waals surface area (Å²) in [4.78, 5) is 12.0. The molecule has 0 radical (unpaired) electrons. The van der Waals surface area contributed by atoms with Crippen LogP contribution in [-0.2, 0) is 23.7 Å². The molecular weight excluding hydrogens is 320 g/mol. The molecule has 5 nitrogen and oxygen atoms in total. The van der Waals surface area contributed by atoms with Gasteiger partial charge in [0, 0.05) is 31.8 Å². The Morgan fingerprint density at radius 2 is 1.80 bits per heavy atom. The maximum Gasteiger partial charge on any atom is 0.165 e. The summed E-state index contributed by atoms with van der Waals surface area (Å²) >= 11 is 0. The lowest BCUT2D eigenvalue weighted by Crippen LogP contribution is -2.20. The topological polar surface area (TPSA) is 54.0 Å². The smallest absolute Gasteiger partial charge is 0.165 e. The van der Waals surface area contributed by atoms with Crippen molar-refractivity contribution in [2.75, 3.05) is 19.8 Å². The van der Waals surface area contributed by atoms with Crippen molar-refractivity contribution >= 4 is 5.78 Å². The summed E-state index contributed by atoms with van der Waals surface area (Å²) in [5.41, 5.74) is 0.752. The van der Waals surface area contributed by atoms with Crippen LogP contribution >= 0.6 is 0 Å². The Labute approximate surface area is 152 Å². The lowest BCUT2D eigenvalue weighted by molar-refractivity contribution is -0.147. The molecule has 5 heteroatoms. The maximum atomic E-state index is 12.0. The van der Waals surface area contributed by atoms with Crippen molar-refractivity contribution in [2.45, 2.75) is 78.5 Å². The molecule has 0 aliphatic heterocycles. The van der Waals surface area contributed by atoms with Crippen LogP contribution in [0.5, 0.6) is 0 Å². The average Bonchev–Trinajstić information content (AvgIpc) is 2.89. The van der Waals surface area contributed by atoms with E-state index in [1.165, 1.54) is 0 Å². The third-order valence-electron chi connectivity index (χ3n) is 3.91. The van der Waals surface area contributed by atoms with Crippen LogP contribution in [0, 0.1) is 0 Å². The van der Waals surface area contributed by atoms with E-state index in [0.717, 1.165) is 37.9 Å². The summed E-state index contributed by atoms with van der Waals surface area (Å²) in [5, 5.41) is 0. The Bertz CT molecular complexity index is 430. The summed E-state index contributed by atoms with van der Waals surface area (Å²) in [6.07, 6.45) is 9.92. The number of hydrogen-bond donors (Lipinski definition) is 0. The highest BCUT2D eigenvalue weighted by molar-refractivity contribution is 6.00. The largest absolute Gasteiger partial charge is 0.353 e. The number of ketones is 1. The van der Waals surface area contributed by atoms with Crippen LogP contribution in [0.4, 0.5) is 0 Å². The molecule has 0 aromatic heterocycles. The van der Waals surface area contributed by atoms with Crippen molar-refractivity contribution < 1.29 is 23.7 Å². The third-order valence-corrected chi connectivity index (χ3v) is 3.91. The van der Waals surface area contributed by atoms with E-state index in [2.05, 4.69) is 6.08 Å². The minimum Gasteiger partial charge on any atom is -0.353 e. The van der Waals surface area contributed by atoms with Crippen LogP contribution in [0.25, 0.3) is 0 Å². The van der Waals surface area contributed by atoms with E-state index < -0.39 is 0 Å². The lowest BCUT2D eigenvalue weighted by atomic mass is 10.1. The van der Waals surface area contributed by atoms with Gasteiger partial charge in [0.15, 0.2) is 18.4 Å². The van der Waals surface area contributed by atoms with Crippen LogP contribution in [0.1, 0.15) is 59.8 Å². The summed E-state index contributed by atoms with van der Waals surface area (Å²) in [7, 11) is 0. The van der Waals surface area contributed by atoms with Gasteiger partial charge in [0.2, 0.25) is 0 Å². The molecule has 1 rings (SSSR count). The highest BCUT2D eigenvalue weighted by Gasteiger charge is 2.24. The molecule has 3 atom stereocenters. The highest BCUT2D eigenvalue weighted by Crippen LogP contribution is 2.20. The zero-order chi connectivity index (χ0) is 18.5. The van der Waals surface area contributed by atoms with Crippen molar-refractivity contribution in [1.82, 2.24) is 0 Å². The Morgan fingerprint density at radius 1 is 1.08 bits per heavy atom. The first-order chi connectivity index (χ1) is 12.1. The predicted molar refractivity (Wildman–Crippen MR) is 98.3 cm³/mol. The Kier molecular flexibility index (Phi) is 11.7. The van der Waals surface area contributed by atoms with E-state index in [0.29, 0.717) is 19.6 Å². The third kappa shape index (κ3) is 9.90. The monoisotopic (exact) mass is 354 g/mol. The van der Waals surface area contributed by atoms with Gasteiger partial charge in [-0.25, -0.2) is 0 Å². The summed E-state index contributed by atoms with van der Waals surface area (Å²) in [6, 6.07) is 0. The molecule has 1 aliphatic carbocycles. The zero-order valence-electron chi connectivity index (χ0n) is 16.2. The van der Waals surface area contributed by atoms with Gasteiger partial charge in [-0.2, -0.15) is 0 Å². The first-order valence-corrected chi connectivity index (χ1v) is 9.48. The molecule has 0 saturated heterocycles. The number of rotatable bonds is 14. The first kappa shape index (κ1) is 22.0. The second-order valence-electron chi connectivity index (χ2n) is 6.09. The number of carbonyl (C=O) groups is 1. The van der Waals surface area contributed by atoms with Gasteiger partial charge in [0.25, 0.3) is 0 Å². The Morgan fingerprint density at radius 3 is 2.52 bits per heavy atom. The van der Waals surface area contributed by atoms with E-state index in [-0.39, 0.29) is 24.5 Å². The highest BCUT2D eigenvalue weighted by atomic mass is 16.7. The minimum atomic E-state index is -0.282. The fraction of sp³-hybridized carbons (Fsp3) is 0.750. The molecule has 0 heterocycles. The minimum absolute atomic E-state index is 0.120. The fourth-order valence-electron chi connectivity index (χ4n) is 2.69. The Balaban J connectivity index is 2.15. The fourth-order valence-corrected chi connectivity index (χ4v) is 2.69. The molecule has 25 heavy (non-hydrogen) atoms. The molecule has 0 amide bonds. The van der Waals surface area contributed by atoms with Crippen molar-refractivity contribution in [2.24, 2.45) is 0 Å². The van der Waals surface area contributed by atoms with Gasteiger partial charge in [0.05, 0.1) is 6.10 Å². The molecule has 3 unspecified atom stereocenters. The molecule has 0 spiro atoms. The molecule has 1 aliphatic rings. The van der Waals surface area contributed by atoms with Crippen molar-refractivity contribution in [3.8, 4) is 0 Å². The van der Waals surface area contributed by atoms with Gasteiger partial charge in [0.1, 0.15) is 0 Å². The van der Waals surface area contributed by atoms with Gasteiger partial charge in [-0.05, 0) is 53.0 Å². The van der Waals surface area contributed by atoms with E-state index in [9.17, 15) is 4.79 Å². The van der Waals surface area contributed by atoms with E-state index >= 15 is 0 Å². The molecular formula is C20H34O5. The summed E-state index contributed by atoms with van der Waals surface area (Å²) in [6.45, 7) is 9.68. The maximum absolute atomic E-state index is 12.0. The number of allylic oxidation sites excluding steroid dienone is 3. The molecule has 0 aromatic carbocycles. The SMILES string of the molecule is CCOC(C)OCCCCCC=CC1=CC(OC(C)OCC)CC1=O. The van der Waals surface area contributed by atoms with Gasteiger partial charge in [-0.15, -0.1) is 0 Å². The number of ether oxygens (including phenoxy) is 4. The zero-order valence-corrected chi connectivity index (χ0v) is 16.2. The van der Waals surface area contributed by atoms with Gasteiger partial charge >= 0.3 is 0 Å². The number of unbranched alkanes of at least 4 members (excludes halogenated alkanes) is 3. The first-order valence-electron chi connectivity index (χ1n) is 9.48. The second-order valence-corrected chi connectivity index (χ2v) is 6.09. The van der Waals surface area contributed by atoms with E-state index in [4.69, 9.17) is 18.9 Å². The lowest BCUT2D eigenvalue weighted by Gasteiger charge is -2.16. The number of carbonyl (C=O) groups excluding carboxylic acids is 1. The molecule has 0 saturated carbocycles. The predicted octanol–water partition coefficient (Wildman–Crippen LogP) is 4.17. The van der Waals surface area contributed by atoms with Crippen molar-refractivity contribution in [3.05, 3.63) is 23.8 Å². The summed E-state index contributed by atoms with van der Waals surface area (Å²) in [5.74, 6) is 0.142. The van der Waals surface area contributed by atoms with Crippen LogP contribution in [0.15, 0.2) is 23.8 Å². The second kappa shape index (κ2) is 13.2. The number of Topliss-reactive ketones (excluding diaryl/α,β-unsaturated/α-hetero) is 1. The normalized spacial score (nSPS) is 20.2. The van der Waals surface area contributed by atoms with Crippen LogP contribution < -0.4 is 0 Å². The van der Waals surface area contributed by atoms with E-state index in [1.54, 1.807) is 0 Å². The molecule has 0 fully saturated rings. The van der Waals surface area contributed by atoms with Crippen molar-refractivity contribution in [3.63, 3.8) is 0 Å². The van der Waals surface area contributed by atoms with Gasteiger partial charge in [-0.1, -0.05) is 18.6 Å².